The van der Waals surface area contributed by atoms with Crippen LogP contribution in [0.15, 0.2) is 54.9 Å². The lowest BCUT2D eigenvalue weighted by Gasteiger charge is -2.02. The molecule has 0 aliphatic carbocycles. The highest BCUT2D eigenvalue weighted by Crippen LogP contribution is 2.22. The molecule has 0 saturated carbocycles. The molecule has 17 heavy (non-hydrogen) atoms. The van der Waals surface area contributed by atoms with Crippen molar-refractivity contribution in [1.82, 2.24) is 4.98 Å². The number of aromatic nitrogens is 1. The second kappa shape index (κ2) is 5.37. The Balaban J connectivity index is 2.28. The fourth-order valence-electron chi connectivity index (χ4n) is 1.55. The van der Waals surface area contributed by atoms with Crippen LogP contribution in [0.3, 0.4) is 0 Å². The molecule has 3 heteroatoms. The van der Waals surface area contributed by atoms with Crippen molar-refractivity contribution in [1.29, 1.82) is 0 Å². The molecule has 0 aliphatic rings. The first-order chi connectivity index (χ1) is 8.31. The van der Waals surface area contributed by atoms with Gasteiger partial charge in [-0.15, -0.1) is 0 Å². The first-order valence-corrected chi connectivity index (χ1v) is 5.28. The molecule has 0 atom stereocenters. The topological polar surface area (TPSA) is 33.1 Å². The van der Waals surface area contributed by atoms with Crippen molar-refractivity contribution in [3.05, 3.63) is 60.4 Å². The van der Waals surface area contributed by atoms with Gasteiger partial charge < -0.3 is 5.11 Å². The molecule has 0 fully saturated rings. The minimum Gasteiger partial charge on any atom is -0.392 e. The van der Waals surface area contributed by atoms with E-state index in [-0.39, 0.29) is 6.61 Å². The maximum Gasteiger partial charge on any atom is 0.128 e. The largest absolute Gasteiger partial charge is 0.392 e. The van der Waals surface area contributed by atoms with E-state index in [1.807, 2.05) is 24.3 Å². The molecule has 0 saturated heterocycles. The van der Waals surface area contributed by atoms with Crippen molar-refractivity contribution in [3.63, 3.8) is 0 Å². The average molecular weight is 229 g/mol. The smallest absolute Gasteiger partial charge is 0.128 e. The Labute approximate surface area is 99.1 Å². The molecular formula is C14H12FNO. The van der Waals surface area contributed by atoms with Crippen LogP contribution in [0.1, 0.15) is 5.56 Å². The van der Waals surface area contributed by atoms with Crippen LogP contribution in [0.5, 0.6) is 0 Å². The third-order valence-electron chi connectivity index (χ3n) is 2.43. The van der Waals surface area contributed by atoms with Gasteiger partial charge in [0.25, 0.3) is 0 Å². The zero-order valence-corrected chi connectivity index (χ0v) is 9.18. The van der Waals surface area contributed by atoms with Gasteiger partial charge in [-0.3, -0.25) is 4.98 Å². The van der Waals surface area contributed by atoms with Gasteiger partial charge in [-0.2, -0.15) is 0 Å². The van der Waals surface area contributed by atoms with E-state index >= 15 is 0 Å². The van der Waals surface area contributed by atoms with Crippen molar-refractivity contribution in [3.8, 4) is 11.1 Å². The van der Waals surface area contributed by atoms with Crippen molar-refractivity contribution in [2.75, 3.05) is 6.61 Å². The molecule has 0 amide bonds. The highest BCUT2D eigenvalue weighted by molar-refractivity contribution is 5.67. The van der Waals surface area contributed by atoms with Crippen LogP contribution in [-0.4, -0.2) is 16.7 Å². The third-order valence-corrected chi connectivity index (χ3v) is 2.43. The molecule has 86 valence electrons. The van der Waals surface area contributed by atoms with Crippen molar-refractivity contribution < 1.29 is 9.50 Å². The molecule has 1 N–H and O–H groups in total. The molecule has 0 aliphatic heterocycles. The van der Waals surface area contributed by atoms with Gasteiger partial charge in [0.15, 0.2) is 0 Å². The molecule has 2 aromatic rings. The number of hydrogen-bond donors (Lipinski definition) is 1. The summed E-state index contributed by atoms with van der Waals surface area (Å²) in [4.78, 5) is 4.03. The standard InChI is InChI=1S/C14H12FNO/c15-14(7-9-17)12-5-3-11(4-6-12)13-2-1-8-16-10-13/h1-8,10,17H,9H2/b14-7-. The van der Waals surface area contributed by atoms with Gasteiger partial charge in [-0.1, -0.05) is 30.3 Å². The quantitative estimate of drug-likeness (QED) is 0.877. The molecule has 0 spiro atoms. The van der Waals surface area contributed by atoms with Crippen LogP contribution >= 0.6 is 0 Å². The normalized spacial score (nSPS) is 11.5. The van der Waals surface area contributed by atoms with Gasteiger partial charge in [0, 0.05) is 18.0 Å². The molecule has 0 bridgehead atoms. The lowest BCUT2D eigenvalue weighted by molar-refractivity contribution is 0.342. The molecular weight excluding hydrogens is 217 g/mol. The summed E-state index contributed by atoms with van der Waals surface area (Å²) in [6, 6.07) is 10.8. The third kappa shape index (κ3) is 2.77. The summed E-state index contributed by atoms with van der Waals surface area (Å²) in [6.45, 7) is -0.295. The van der Waals surface area contributed by atoms with E-state index in [1.54, 1.807) is 24.5 Å². The SMILES string of the molecule is OC/C=C(\F)c1ccc(-c2cccnc2)cc1. The van der Waals surface area contributed by atoms with Gasteiger partial charge >= 0.3 is 0 Å². The van der Waals surface area contributed by atoms with Crippen LogP contribution < -0.4 is 0 Å². The zero-order valence-electron chi connectivity index (χ0n) is 9.18. The van der Waals surface area contributed by atoms with E-state index in [0.29, 0.717) is 5.56 Å². The maximum atomic E-state index is 13.4. The van der Waals surface area contributed by atoms with Gasteiger partial charge in [-0.25, -0.2) is 4.39 Å². The van der Waals surface area contributed by atoms with E-state index < -0.39 is 5.83 Å². The monoisotopic (exact) mass is 229 g/mol. The van der Waals surface area contributed by atoms with Crippen LogP contribution in [0.25, 0.3) is 17.0 Å². The van der Waals surface area contributed by atoms with Crippen LogP contribution in [0, 0.1) is 0 Å². The number of hydrogen-bond acceptors (Lipinski definition) is 2. The summed E-state index contributed by atoms with van der Waals surface area (Å²) >= 11 is 0. The summed E-state index contributed by atoms with van der Waals surface area (Å²) in [5, 5.41) is 8.61. The fraction of sp³-hybridized carbons (Fsp3) is 0.0714. The number of rotatable bonds is 3. The number of halogens is 1. The van der Waals surface area contributed by atoms with Gasteiger partial charge in [0.2, 0.25) is 0 Å². The predicted octanol–water partition coefficient (Wildman–Crippen LogP) is 3.05. The average Bonchev–Trinajstić information content (AvgIpc) is 2.40. The Morgan fingerprint density at radius 2 is 1.94 bits per heavy atom. The summed E-state index contributed by atoms with van der Waals surface area (Å²) in [5.74, 6) is -0.412. The highest BCUT2D eigenvalue weighted by Gasteiger charge is 2.01. The Hall–Kier alpha value is -2.00. The summed E-state index contributed by atoms with van der Waals surface area (Å²) in [6.07, 6.45) is 4.61. The number of aliphatic hydroxyl groups is 1. The minimum atomic E-state index is -0.412. The number of aliphatic hydroxyl groups excluding tert-OH is 1. The first-order valence-electron chi connectivity index (χ1n) is 5.28. The lowest BCUT2D eigenvalue weighted by Crippen LogP contribution is -1.83. The first kappa shape index (κ1) is 11.5. The number of nitrogens with zero attached hydrogens (tertiary/aromatic N) is 1. The summed E-state index contributed by atoms with van der Waals surface area (Å²) in [5.41, 5.74) is 2.44. The molecule has 2 nitrogen and oxygen atoms in total. The van der Waals surface area contributed by atoms with Crippen molar-refractivity contribution in [2.45, 2.75) is 0 Å². The molecule has 0 unspecified atom stereocenters. The Morgan fingerprint density at radius 1 is 1.18 bits per heavy atom. The van der Waals surface area contributed by atoms with E-state index in [1.165, 1.54) is 0 Å². The molecule has 2 rings (SSSR count). The van der Waals surface area contributed by atoms with E-state index in [4.69, 9.17) is 5.11 Å². The predicted molar refractivity (Wildman–Crippen MR) is 65.8 cm³/mol. The summed E-state index contributed by atoms with van der Waals surface area (Å²) in [7, 11) is 0. The molecule has 1 aromatic carbocycles. The van der Waals surface area contributed by atoms with Gasteiger partial charge in [-0.05, 0) is 23.3 Å². The zero-order chi connectivity index (χ0) is 12.1. The molecule has 0 radical (unpaired) electrons. The van der Waals surface area contributed by atoms with E-state index in [2.05, 4.69) is 4.98 Å². The van der Waals surface area contributed by atoms with Crippen molar-refractivity contribution >= 4 is 5.83 Å². The second-order valence-corrected chi connectivity index (χ2v) is 3.55. The Bertz CT molecular complexity index is 506. The van der Waals surface area contributed by atoms with Crippen LogP contribution in [0.2, 0.25) is 0 Å². The number of benzene rings is 1. The van der Waals surface area contributed by atoms with Crippen LogP contribution in [-0.2, 0) is 0 Å². The highest BCUT2D eigenvalue weighted by atomic mass is 19.1. The Morgan fingerprint density at radius 3 is 2.53 bits per heavy atom. The van der Waals surface area contributed by atoms with Gasteiger partial charge in [0.1, 0.15) is 5.83 Å². The fourth-order valence-corrected chi connectivity index (χ4v) is 1.55. The second-order valence-electron chi connectivity index (χ2n) is 3.55. The van der Waals surface area contributed by atoms with Gasteiger partial charge in [0.05, 0.1) is 6.61 Å². The maximum absolute atomic E-state index is 13.4. The molecule has 1 aromatic heterocycles. The Kier molecular flexibility index (Phi) is 3.62. The van der Waals surface area contributed by atoms with E-state index in [9.17, 15) is 4.39 Å². The van der Waals surface area contributed by atoms with E-state index in [0.717, 1.165) is 17.2 Å². The minimum absolute atomic E-state index is 0.295. The number of pyridine rings is 1. The molecule has 1 heterocycles. The lowest BCUT2D eigenvalue weighted by atomic mass is 10.1. The van der Waals surface area contributed by atoms with Crippen molar-refractivity contribution in [2.24, 2.45) is 0 Å². The van der Waals surface area contributed by atoms with Crippen LogP contribution in [0.4, 0.5) is 4.39 Å². The summed E-state index contributed by atoms with van der Waals surface area (Å²) < 4.78 is 13.4.